The largest absolute Gasteiger partial charge is 0.207 e. The lowest BCUT2D eigenvalue weighted by Crippen LogP contribution is -1.87. The van der Waals surface area contributed by atoms with Crippen LogP contribution >= 0.6 is 0 Å². The Morgan fingerprint density at radius 1 is 1.00 bits per heavy atom. The highest BCUT2D eigenvalue weighted by Gasteiger charge is 1.99. The summed E-state index contributed by atoms with van der Waals surface area (Å²) in [4.78, 5) is 0. The summed E-state index contributed by atoms with van der Waals surface area (Å²) < 4.78 is 12.8. The van der Waals surface area contributed by atoms with E-state index in [0.29, 0.717) is 0 Å². The van der Waals surface area contributed by atoms with Crippen LogP contribution in [0, 0.1) is 26.6 Å². The maximum absolute atomic E-state index is 12.8. The lowest BCUT2D eigenvalue weighted by atomic mass is 10.1. The second kappa shape index (κ2) is 4.91. The minimum Gasteiger partial charge on any atom is -0.207 e. The summed E-state index contributed by atoms with van der Waals surface area (Å²) in [6, 6.07) is 3.54. The third-order valence-electron chi connectivity index (χ3n) is 1.75. The monoisotopic (exact) mass is 168 g/mol. The fourth-order valence-electron chi connectivity index (χ4n) is 0.988. The molecule has 0 unspecified atom stereocenters. The lowest BCUT2D eigenvalue weighted by Gasteiger charge is -2.01. The molecule has 0 heterocycles. The third-order valence-corrected chi connectivity index (χ3v) is 1.75. The van der Waals surface area contributed by atoms with Gasteiger partial charge >= 0.3 is 0 Å². The van der Waals surface area contributed by atoms with Crippen LogP contribution in [0.4, 0.5) is 4.39 Å². The molecule has 1 rings (SSSR count). The van der Waals surface area contributed by atoms with E-state index < -0.39 is 0 Å². The molecule has 0 nitrogen and oxygen atoms in total. The summed E-state index contributed by atoms with van der Waals surface area (Å²) in [5.41, 5.74) is 2.77. The molecular weight excluding hydrogens is 151 g/mol. The molecule has 0 aliphatic rings. The van der Waals surface area contributed by atoms with Crippen LogP contribution in [0.1, 0.15) is 30.5 Å². The van der Waals surface area contributed by atoms with Gasteiger partial charge in [0.15, 0.2) is 0 Å². The topological polar surface area (TPSA) is 0 Å². The normalized spacial score (nSPS) is 8.83. The molecule has 0 radical (unpaired) electrons. The van der Waals surface area contributed by atoms with Gasteiger partial charge in [-0.25, -0.2) is 4.39 Å². The standard InChI is InChI=1S/C9H11F.C2H6/c1-6-4-7(2)8(3)9(10)5-6;1-2/h4-5H,1-3H3;1-2H3. The summed E-state index contributed by atoms with van der Waals surface area (Å²) in [5, 5.41) is 0. The molecule has 1 aromatic carbocycles. The molecule has 12 heavy (non-hydrogen) atoms. The molecular formula is C11H17F. The maximum Gasteiger partial charge on any atom is 0.126 e. The fourth-order valence-corrected chi connectivity index (χ4v) is 0.988. The number of hydrogen-bond acceptors (Lipinski definition) is 0. The highest BCUT2D eigenvalue weighted by molar-refractivity contribution is 5.30. The van der Waals surface area contributed by atoms with Crippen molar-refractivity contribution >= 4 is 0 Å². The van der Waals surface area contributed by atoms with Crippen molar-refractivity contribution in [3.63, 3.8) is 0 Å². The van der Waals surface area contributed by atoms with Crippen molar-refractivity contribution in [1.82, 2.24) is 0 Å². The zero-order valence-corrected chi connectivity index (χ0v) is 8.53. The van der Waals surface area contributed by atoms with Crippen LogP contribution < -0.4 is 0 Å². The smallest absolute Gasteiger partial charge is 0.126 e. The number of hydrogen-bond donors (Lipinski definition) is 0. The number of benzene rings is 1. The molecule has 1 aromatic rings. The van der Waals surface area contributed by atoms with Crippen molar-refractivity contribution in [3.05, 3.63) is 34.6 Å². The van der Waals surface area contributed by atoms with Crippen LogP contribution in [0.15, 0.2) is 12.1 Å². The number of halogens is 1. The molecule has 1 heteroatoms. The number of rotatable bonds is 0. The fraction of sp³-hybridized carbons (Fsp3) is 0.455. The molecule has 0 saturated carbocycles. The first-order valence-electron chi connectivity index (χ1n) is 4.34. The minimum atomic E-state index is -0.0995. The zero-order valence-electron chi connectivity index (χ0n) is 8.53. The predicted molar refractivity (Wildman–Crippen MR) is 52.0 cm³/mol. The highest BCUT2D eigenvalue weighted by Crippen LogP contribution is 2.13. The Bertz CT molecular complexity index is 228. The first-order valence-corrected chi connectivity index (χ1v) is 4.34. The van der Waals surface area contributed by atoms with Gasteiger partial charge in [0.1, 0.15) is 5.82 Å². The van der Waals surface area contributed by atoms with Gasteiger partial charge in [0.2, 0.25) is 0 Å². The van der Waals surface area contributed by atoms with Crippen molar-refractivity contribution in [1.29, 1.82) is 0 Å². The van der Waals surface area contributed by atoms with Gasteiger partial charge in [-0.1, -0.05) is 19.9 Å². The molecule has 68 valence electrons. The zero-order chi connectivity index (χ0) is 9.72. The molecule has 0 spiro atoms. The molecule has 0 fully saturated rings. The predicted octanol–water partition coefficient (Wildman–Crippen LogP) is 3.78. The van der Waals surface area contributed by atoms with Crippen LogP contribution in [0.2, 0.25) is 0 Å². The molecule has 0 amide bonds. The molecule has 0 atom stereocenters. The van der Waals surface area contributed by atoms with E-state index in [4.69, 9.17) is 0 Å². The average molecular weight is 168 g/mol. The van der Waals surface area contributed by atoms with Gasteiger partial charge in [-0.15, -0.1) is 0 Å². The second-order valence-electron chi connectivity index (χ2n) is 2.69. The first-order chi connectivity index (χ1) is 5.61. The summed E-state index contributed by atoms with van der Waals surface area (Å²) in [6.45, 7) is 9.62. The van der Waals surface area contributed by atoms with E-state index >= 15 is 0 Å². The van der Waals surface area contributed by atoms with Crippen LogP contribution in [-0.4, -0.2) is 0 Å². The van der Waals surface area contributed by atoms with Gasteiger partial charge in [0.25, 0.3) is 0 Å². The molecule has 0 aliphatic heterocycles. The lowest BCUT2D eigenvalue weighted by molar-refractivity contribution is 0.615. The van der Waals surface area contributed by atoms with Crippen LogP contribution in [-0.2, 0) is 0 Å². The summed E-state index contributed by atoms with van der Waals surface area (Å²) in [5.74, 6) is -0.0995. The Labute approximate surface area is 74.4 Å². The minimum absolute atomic E-state index is 0.0995. The number of aryl methyl sites for hydroxylation is 2. The van der Waals surface area contributed by atoms with Gasteiger partial charge in [0, 0.05) is 0 Å². The van der Waals surface area contributed by atoms with E-state index in [1.807, 2.05) is 33.8 Å². The van der Waals surface area contributed by atoms with Crippen molar-refractivity contribution in [3.8, 4) is 0 Å². The van der Waals surface area contributed by atoms with Crippen molar-refractivity contribution < 1.29 is 4.39 Å². The quantitative estimate of drug-likeness (QED) is 0.553. The summed E-state index contributed by atoms with van der Waals surface area (Å²) in [7, 11) is 0. The molecule has 0 aliphatic carbocycles. The van der Waals surface area contributed by atoms with Gasteiger partial charge in [0.05, 0.1) is 0 Å². The van der Waals surface area contributed by atoms with Gasteiger partial charge < -0.3 is 0 Å². The highest BCUT2D eigenvalue weighted by atomic mass is 19.1. The second-order valence-corrected chi connectivity index (χ2v) is 2.69. The van der Waals surface area contributed by atoms with E-state index in [0.717, 1.165) is 16.7 Å². The first kappa shape index (κ1) is 11.2. The van der Waals surface area contributed by atoms with Gasteiger partial charge in [-0.05, 0) is 43.5 Å². The molecule has 0 bridgehead atoms. The van der Waals surface area contributed by atoms with E-state index in [9.17, 15) is 4.39 Å². The van der Waals surface area contributed by atoms with Crippen LogP contribution in [0.5, 0.6) is 0 Å². The van der Waals surface area contributed by atoms with E-state index in [-0.39, 0.29) is 5.82 Å². The van der Waals surface area contributed by atoms with Crippen LogP contribution in [0.25, 0.3) is 0 Å². The van der Waals surface area contributed by atoms with Gasteiger partial charge in [-0.3, -0.25) is 0 Å². The summed E-state index contributed by atoms with van der Waals surface area (Å²) in [6.07, 6.45) is 0. The summed E-state index contributed by atoms with van der Waals surface area (Å²) >= 11 is 0. The average Bonchev–Trinajstić information content (AvgIpc) is 2.04. The molecule has 0 saturated heterocycles. The van der Waals surface area contributed by atoms with Crippen molar-refractivity contribution in [2.45, 2.75) is 34.6 Å². The Morgan fingerprint density at radius 2 is 1.50 bits per heavy atom. The van der Waals surface area contributed by atoms with Crippen molar-refractivity contribution in [2.75, 3.05) is 0 Å². The van der Waals surface area contributed by atoms with Crippen molar-refractivity contribution in [2.24, 2.45) is 0 Å². The maximum atomic E-state index is 12.8. The SMILES string of the molecule is CC.Cc1cc(C)c(C)c(F)c1. The Kier molecular flexibility index (Phi) is 4.57. The van der Waals surface area contributed by atoms with E-state index in [1.54, 1.807) is 13.0 Å². The Morgan fingerprint density at radius 3 is 1.92 bits per heavy atom. The third kappa shape index (κ3) is 2.65. The van der Waals surface area contributed by atoms with E-state index in [2.05, 4.69) is 0 Å². The Hall–Kier alpha value is -0.850. The van der Waals surface area contributed by atoms with Gasteiger partial charge in [-0.2, -0.15) is 0 Å². The Balaban J connectivity index is 0.000000561. The molecule has 0 aromatic heterocycles. The van der Waals surface area contributed by atoms with E-state index in [1.165, 1.54) is 0 Å². The molecule has 0 N–H and O–H groups in total. The van der Waals surface area contributed by atoms with Crippen LogP contribution in [0.3, 0.4) is 0 Å².